The summed E-state index contributed by atoms with van der Waals surface area (Å²) >= 11 is 0. The van der Waals surface area contributed by atoms with Gasteiger partial charge in [-0.2, -0.15) is 36.5 Å². The van der Waals surface area contributed by atoms with Gasteiger partial charge in [-0.05, 0) is 24.3 Å². The molecule has 23 heavy (non-hydrogen) atoms. The van der Waals surface area contributed by atoms with Crippen LogP contribution >= 0.6 is 0 Å². The molecule has 0 saturated carbocycles. The van der Waals surface area contributed by atoms with Crippen molar-refractivity contribution in [3.05, 3.63) is 53.3 Å². The Kier molecular flexibility index (Phi) is 4.26. The van der Waals surface area contributed by atoms with Crippen LogP contribution in [0.2, 0.25) is 0 Å². The molecule has 2 rings (SSSR count). The van der Waals surface area contributed by atoms with Gasteiger partial charge in [-0.25, -0.2) is 0 Å². The number of halogens is 6. The number of carbonyl (C=O) groups excluding carboxylic acids is 1. The van der Waals surface area contributed by atoms with Crippen molar-refractivity contribution in [3.8, 4) is 0 Å². The fourth-order valence-electron chi connectivity index (χ4n) is 1.66. The van der Waals surface area contributed by atoms with E-state index in [-0.39, 0.29) is 11.6 Å². The van der Waals surface area contributed by atoms with Gasteiger partial charge < -0.3 is 5.32 Å². The fraction of sp³-hybridized carbons (Fsp3) is 0.154. The number of carbonyl (C=O) groups is 1. The molecule has 1 amide bonds. The van der Waals surface area contributed by atoms with Crippen molar-refractivity contribution in [1.29, 1.82) is 0 Å². The zero-order valence-electron chi connectivity index (χ0n) is 11.0. The fourth-order valence-corrected chi connectivity index (χ4v) is 1.66. The van der Waals surface area contributed by atoms with Gasteiger partial charge in [0.1, 0.15) is 0 Å². The molecule has 1 heterocycles. The summed E-state index contributed by atoms with van der Waals surface area (Å²) in [4.78, 5) is 11.8. The third kappa shape index (κ3) is 4.18. The number of nitrogens with zero attached hydrogens (tertiary/aromatic N) is 2. The molecular weight excluding hydrogens is 328 g/mol. The van der Waals surface area contributed by atoms with E-state index in [1.807, 2.05) is 5.32 Å². The van der Waals surface area contributed by atoms with Gasteiger partial charge in [-0.15, -0.1) is 0 Å². The molecule has 1 N–H and O–H groups in total. The van der Waals surface area contributed by atoms with Crippen LogP contribution in [0.25, 0.3) is 0 Å². The van der Waals surface area contributed by atoms with Crippen molar-refractivity contribution < 1.29 is 31.1 Å². The highest BCUT2D eigenvalue weighted by molar-refractivity contribution is 6.04. The average molecular weight is 335 g/mol. The minimum atomic E-state index is -4.99. The van der Waals surface area contributed by atoms with Gasteiger partial charge >= 0.3 is 12.4 Å². The maximum Gasteiger partial charge on any atom is 0.416 e. The Morgan fingerprint density at radius 2 is 1.48 bits per heavy atom. The summed E-state index contributed by atoms with van der Waals surface area (Å²) in [6.45, 7) is 0. The highest BCUT2D eigenvalue weighted by Gasteiger charge is 2.37. The lowest BCUT2D eigenvalue weighted by molar-refractivity contribution is -0.143. The minimum Gasteiger partial charge on any atom is -0.322 e. The topological polar surface area (TPSA) is 54.9 Å². The summed E-state index contributed by atoms with van der Waals surface area (Å²) in [5.41, 5.74) is -3.73. The maximum absolute atomic E-state index is 12.7. The van der Waals surface area contributed by atoms with E-state index < -0.39 is 35.1 Å². The van der Waals surface area contributed by atoms with E-state index in [1.165, 1.54) is 6.07 Å². The van der Waals surface area contributed by atoms with Gasteiger partial charge in [0.05, 0.1) is 29.1 Å². The number of anilines is 1. The van der Waals surface area contributed by atoms with E-state index in [1.54, 1.807) is 0 Å². The monoisotopic (exact) mass is 335 g/mol. The molecular formula is C13H7F6N3O. The molecule has 0 unspecified atom stereocenters. The van der Waals surface area contributed by atoms with Crippen molar-refractivity contribution in [2.24, 2.45) is 0 Å². The Morgan fingerprint density at radius 3 is 1.91 bits per heavy atom. The predicted octanol–water partition coefficient (Wildman–Crippen LogP) is 3.77. The lowest BCUT2D eigenvalue weighted by Crippen LogP contribution is -2.16. The average Bonchev–Trinajstić information content (AvgIpc) is 2.46. The molecule has 0 aliphatic heterocycles. The first-order valence-electron chi connectivity index (χ1n) is 5.95. The normalized spacial score (nSPS) is 12.1. The zero-order chi connectivity index (χ0) is 17.3. The number of amides is 1. The first-order chi connectivity index (χ1) is 10.6. The number of rotatable bonds is 2. The highest BCUT2D eigenvalue weighted by atomic mass is 19.4. The molecule has 0 spiro atoms. The Bertz CT molecular complexity index is 680. The third-order valence-electron chi connectivity index (χ3n) is 2.69. The molecule has 2 aromatic rings. The van der Waals surface area contributed by atoms with E-state index in [4.69, 9.17) is 0 Å². The summed E-state index contributed by atoms with van der Waals surface area (Å²) in [7, 11) is 0. The lowest BCUT2D eigenvalue weighted by Gasteiger charge is -2.14. The highest BCUT2D eigenvalue weighted by Crippen LogP contribution is 2.37. The minimum absolute atomic E-state index is 0.0242. The summed E-state index contributed by atoms with van der Waals surface area (Å²) in [6.07, 6.45) is -7.80. The van der Waals surface area contributed by atoms with Crippen molar-refractivity contribution in [1.82, 2.24) is 10.2 Å². The van der Waals surface area contributed by atoms with Crippen molar-refractivity contribution in [2.45, 2.75) is 12.4 Å². The van der Waals surface area contributed by atoms with Crippen LogP contribution in [0.5, 0.6) is 0 Å². The number of hydrogen-bond donors (Lipinski definition) is 1. The number of nitrogens with one attached hydrogen (secondary N) is 1. The van der Waals surface area contributed by atoms with E-state index in [0.29, 0.717) is 12.1 Å². The predicted molar refractivity (Wildman–Crippen MR) is 66.4 cm³/mol. The molecule has 0 aliphatic carbocycles. The van der Waals surface area contributed by atoms with Crippen molar-refractivity contribution in [3.63, 3.8) is 0 Å². The van der Waals surface area contributed by atoms with E-state index in [9.17, 15) is 31.1 Å². The molecule has 0 aliphatic rings. The molecule has 0 fully saturated rings. The second-order valence-electron chi connectivity index (χ2n) is 4.38. The quantitative estimate of drug-likeness (QED) is 0.850. The van der Waals surface area contributed by atoms with E-state index in [2.05, 4.69) is 10.2 Å². The Hall–Kier alpha value is -2.65. The third-order valence-corrected chi connectivity index (χ3v) is 2.69. The SMILES string of the molecule is O=C(Nc1cc(C(F)(F)F)cc(C(F)(F)F)c1)c1ccnnc1. The van der Waals surface area contributed by atoms with Crippen LogP contribution in [0.1, 0.15) is 21.5 Å². The standard InChI is InChI=1S/C13H7F6N3O/c14-12(15,16)8-3-9(13(17,18)19)5-10(4-8)22-11(23)7-1-2-20-21-6-7/h1-6H,(H,22,23). The van der Waals surface area contributed by atoms with Crippen LogP contribution in [-0.2, 0) is 12.4 Å². The maximum atomic E-state index is 12.7. The Labute approximate surface area is 125 Å². The van der Waals surface area contributed by atoms with Gasteiger partial charge in [0, 0.05) is 5.69 Å². The van der Waals surface area contributed by atoms with Crippen molar-refractivity contribution in [2.75, 3.05) is 5.32 Å². The second kappa shape index (κ2) is 5.86. The molecule has 4 nitrogen and oxygen atoms in total. The van der Waals surface area contributed by atoms with Gasteiger partial charge in [0.2, 0.25) is 0 Å². The second-order valence-corrected chi connectivity index (χ2v) is 4.38. The molecule has 122 valence electrons. The zero-order valence-corrected chi connectivity index (χ0v) is 11.0. The number of aromatic nitrogens is 2. The molecule has 0 atom stereocenters. The van der Waals surface area contributed by atoms with Gasteiger partial charge in [-0.1, -0.05) is 0 Å². The first-order valence-corrected chi connectivity index (χ1v) is 5.95. The van der Waals surface area contributed by atoms with Crippen LogP contribution in [0.4, 0.5) is 32.0 Å². The number of hydrogen-bond acceptors (Lipinski definition) is 3. The molecule has 0 bridgehead atoms. The van der Waals surface area contributed by atoms with Crippen molar-refractivity contribution >= 4 is 11.6 Å². The largest absolute Gasteiger partial charge is 0.416 e. The molecule has 0 saturated heterocycles. The van der Waals surface area contributed by atoms with Gasteiger partial charge in [-0.3, -0.25) is 4.79 Å². The molecule has 0 radical (unpaired) electrons. The van der Waals surface area contributed by atoms with E-state index in [0.717, 1.165) is 12.4 Å². The molecule has 1 aromatic heterocycles. The number of alkyl halides is 6. The smallest absolute Gasteiger partial charge is 0.322 e. The summed E-state index contributed by atoms with van der Waals surface area (Å²) in [5, 5.41) is 8.77. The summed E-state index contributed by atoms with van der Waals surface area (Å²) in [5.74, 6) is -0.910. The Morgan fingerprint density at radius 1 is 0.913 bits per heavy atom. The first kappa shape index (κ1) is 16.7. The number of benzene rings is 1. The van der Waals surface area contributed by atoms with Crippen LogP contribution in [-0.4, -0.2) is 16.1 Å². The Balaban J connectivity index is 2.40. The molecule has 1 aromatic carbocycles. The van der Waals surface area contributed by atoms with Gasteiger partial charge in [0.15, 0.2) is 0 Å². The van der Waals surface area contributed by atoms with Gasteiger partial charge in [0.25, 0.3) is 5.91 Å². The van der Waals surface area contributed by atoms with Crippen LogP contribution in [0.15, 0.2) is 36.7 Å². The lowest BCUT2D eigenvalue weighted by atomic mass is 10.1. The summed E-state index contributed by atoms with van der Waals surface area (Å²) in [6, 6.07) is 2.02. The van der Waals surface area contributed by atoms with Crippen LogP contribution in [0, 0.1) is 0 Å². The van der Waals surface area contributed by atoms with Crippen LogP contribution < -0.4 is 5.32 Å². The summed E-state index contributed by atoms with van der Waals surface area (Å²) < 4.78 is 76.2. The van der Waals surface area contributed by atoms with E-state index >= 15 is 0 Å². The van der Waals surface area contributed by atoms with Crippen LogP contribution in [0.3, 0.4) is 0 Å². The molecule has 10 heteroatoms.